The minimum atomic E-state index is -1.14. The molecule has 0 fully saturated rings. The fourth-order valence-electron chi connectivity index (χ4n) is 1.60. The Morgan fingerprint density at radius 2 is 1.85 bits per heavy atom. The molecule has 1 aromatic carbocycles. The maximum atomic E-state index is 11.8. The third-order valence-electron chi connectivity index (χ3n) is 2.51. The number of carbonyl (C=O) groups is 2. The second-order valence-electron chi connectivity index (χ2n) is 4.06. The predicted octanol–water partition coefficient (Wildman–Crippen LogP) is 2.61. The van der Waals surface area contributed by atoms with Crippen LogP contribution in [0.15, 0.2) is 42.5 Å². The normalized spacial score (nSPS) is 10.1. The summed E-state index contributed by atoms with van der Waals surface area (Å²) in [6.45, 7) is 0. The lowest BCUT2D eigenvalue weighted by atomic mass is 10.1. The number of nitrogens with zero attached hydrogens (tertiary/aromatic N) is 1. The molecule has 1 amide bonds. The number of hydrogen-bond donors (Lipinski definition) is 2. The minimum Gasteiger partial charge on any atom is -0.477 e. The maximum Gasteiger partial charge on any atom is 0.354 e. The summed E-state index contributed by atoms with van der Waals surface area (Å²) in [7, 11) is 0. The Hall–Kier alpha value is -2.40. The zero-order valence-corrected chi connectivity index (χ0v) is 11.1. The fraction of sp³-hybridized carbons (Fsp3) is 0.0714. The molecule has 0 atom stereocenters. The van der Waals surface area contributed by atoms with Gasteiger partial charge in [-0.2, -0.15) is 0 Å². The summed E-state index contributed by atoms with van der Waals surface area (Å²) in [6, 6.07) is 11.3. The van der Waals surface area contributed by atoms with Gasteiger partial charge in [0.25, 0.3) is 0 Å². The Balaban J connectivity index is 2.02. The van der Waals surface area contributed by atoms with Crippen molar-refractivity contribution in [3.63, 3.8) is 0 Å². The molecule has 0 saturated heterocycles. The van der Waals surface area contributed by atoms with E-state index in [2.05, 4.69) is 10.3 Å². The summed E-state index contributed by atoms with van der Waals surface area (Å²) in [5.41, 5.74) is 0.690. The molecule has 2 rings (SSSR count). The van der Waals surface area contributed by atoms with Crippen molar-refractivity contribution in [2.24, 2.45) is 0 Å². The average Bonchev–Trinajstić information content (AvgIpc) is 2.41. The van der Waals surface area contributed by atoms with Gasteiger partial charge in [-0.25, -0.2) is 9.78 Å². The number of anilines is 1. The molecule has 1 aromatic heterocycles. The van der Waals surface area contributed by atoms with Crippen molar-refractivity contribution in [2.75, 3.05) is 5.32 Å². The quantitative estimate of drug-likeness (QED) is 0.907. The van der Waals surface area contributed by atoms with E-state index in [1.165, 1.54) is 18.2 Å². The molecule has 0 saturated carbocycles. The first kappa shape index (κ1) is 14.0. The van der Waals surface area contributed by atoms with Crippen LogP contribution in [0.3, 0.4) is 0 Å². The van der Waals surface area contributed by atoms with E-state index < -0.39 is 5.97 Å². The van der Waals surface area contributed by atoms with Crippen LogP contribution >= 0.6 is 11.6 Å². The second kappa shape index (κ2) is 6.16. The summed E-state index contributed by atoms with van der Waals surface area (Å²) in [4.78, 5) is 26.4. The van der Waals surface area contributed by atoms with E-state index in [9.17, 15) is 9.59 Å². The van der Waals surface area contributed by atoms with E-state index in [-0.39, 0.29) is 23.8 Å². The van der Waals surface area contributed by atoms with Gasteiger partial charge in [0, 0.05) is 5.02 Å². The van der Waals surface area contributed by atoms with Gasteiger partial charge in [0.15, 0.2) is 5.69 Å². The van der Waals surface area contributed by atoms with Crippen LogP contribution in [0.4, 0.5) is 5.82 Å². The van der Waals surface area contributed by atoms with E-state index in [0.717, 1.165) is 5.56 Å². The third kappa shape index (κ3) is 3.80. The van der Waals surface area contributed by atoms with Gasteiger partial charge < -0.3 is 10.4 Å². The van der Waals surface area contributed by atoms with Crippen molar-refractivity contribution in [3.8, 4) is 0 Å². The summed E-state index contributed by atoms with van der Waals surface area (Å²) in [5, 5.41) is 12.0. The van der Waals surface area contributed by atoms with Crippen LogP contribution in [0.1, 0.15) is 16.1 Å². The molecule has 0 aliphatic carbocycles. The number of benzene rings is 1. The van der Waals surface area contributed by atoms with Gasteiger partial charge in [0.1, 0.15) is 5.82 Å². The highest BCUT2D eigenvalue weighted by atomic mass is 35.5. The largest absolute Gasteiger partial charge is 0.477 e. The van der Waals surface area contributed by atoms with E-state index in [0.29, 0.717) is 5.02 Å². The lowest BCUT2D eigenvalue weighted by molar-refractivity contribution is -0.115. The lowest BCUT2D eigenvalue weighted by Crippen LogP contribution is -2.16. The van der Waals surface area contributed by atoms with Crippen molar-refractivity contribution in [2.45, 2.75) is 6.42 Å². The Bertz CT molecular complexity index is 641. The standard InChI is InChI=1S/C14H11ClN2O3/c15-10-6-4-9(5-7-10)8-13(18)17-12-3-1-2-11(16-12)14(19)20/h1-7H,8H2,(H,19,20)(H,16,17,18). The molecule has 0 radical (unpaired) electrons. The molecule has 0 bridgehead atoms. The Morgan fingerprint density at radius 1 is 1.15 bits per heavy atom. The summed E-state index contributed by atoms with van der Waals surface area (Å²) < 4.78 is 0. The fourth-order valence-corrected chi connectivity index (χ4v) is 1.72. The van der Waals surface area contributed by atoms with Gasteiger partial charge in [-0.3, -0.25) is 4.79 Å². The first-order chi connectivity index (χ1) is 9.54. The topological polar surface area (TPSA) is 79.3 Å². The predicted molar refractivity (Wildman–Crippen MR) is 75.0 cm³/mol. The van der Waals surface area contributed by atoms with E-state index in [4.69, 9.17) is 16.7 Å². The van der Waals surface area contributed by atoms with Crippen LogP contribution in [-0.4, -0.2) is 22.0 Å². The zero-order chi connectivity index (χ0) is 14.5. The first-order valence-electron chi connectivity index (χ1n) is 5.79. The Morgan fingerprint density at radius 3 is 2.50 bits per heavy atom. The number of nitrogens with one attached hydrogen (secondary N) is 1. The number of carboxylic acid groups (broad SMARTS) is 1. The van der Waals surface area contributed by atoms with E-state index >= 15 is 0 Å². The summed E-state index contributed by atoms with van der Waals surface area (Å²) in [6.07, 6.45) is 0.163. The monoisotopic (exact) mass is 290 g/mol. The second-order valence-corrected chi connectivity index (χ2v) is 4.50. The van der Waals surface area contributed by atoms with Crippen LogP contribution in [0.5, 0.6) is 0 Å². The highest BCUT2D eigenvalue weighted by Gasteiger charge is 2.08. The highest BCUT2D eigenvalue weighted by Crippen LogP contribution is 2.11. The van der Waals surface area contributed by atoms with Gasteiger partial charge in [-0.05, 0) is 29.8 Å². The van der Waals surface area contributed by atoms with Crippen molar-refractivity contribution in [3.05, 3.63) is 58.7 Å². The highest BCUT2D eigenvalue weighted by molar-refractivity contribution is 6.30. The number of aromatic carboxylic acids is 1. The third-order valence-corrected chi connectivity index (χ3v) is 2.77. The van der Waals surface area contributed by atoms with Crippen LogP contribution in [0.2, 0.25) is 5.02 Å². The maximum absolute atomic E-state index is 11.8. The Labute approximate surface area is 120 Å². The molecule has 2 N–H and O–H groups in total. The first-order valence-corrected chi connectivity index (χ1v) is 6.17. The molecule has 0 aliphatic rings. The molecule has 0 spiro atoms. The van der Waals surface area contributed by atoms with Gasteiger partial charge >= 0.3 is 5.97 Å². The summed E-state index contributed by atoms with van der Waals surface area (Å²) >= 11 is 5.76. The summed E-state index contributed by atoms with van der Waals surface area (Å²) in [5.74, 6) is -1.20. The van der Waals surface area contributed by atoms with Crippen LogP contribution in [0, 0.1) is 0 Å². The number of rotatable bonds is 4. The number of amides is 1. The van der Waals surface area contributed by atoms with Gasteiger partial charge in [0.05, 0.1) is 6.42 Å². The number of aromatic nitrogens is 1. The molecule has 102 valence electrons. The van der Waals surface area contributed by atoms with Crippen molar-refractivity contribution in [1.29, 1.82) is 0 Å². The molecule has 6 heteroatoms. The molecule has 5 nitrogen and oxygen atoms in total. The Kier molecular flexibility index (Phi) is 4.32. The zero-order valence-electron chi connectivity index (χ0n) is 10.3. The number of pyridine rings is 1. The number of hydrogen-bond acceptors (Lipinski definition) is 3. The molecular weight excluding hydrogens is 280 g/mol. The van der Waals surface area contributed by atoms with E-state index in [1.54, 1.807) is 24.3 Å². The number of carboxylic acids is 1. The smallest absolute Gasteiger partial charge is 0.354 e. The molecule has 20 heavy (non-hydrogen) atoms. The molecular formula is C14H11ClN2O3. The van der Waals surface area contributed by atoms with Crippen molar-refractivity contribution < 1.29 is 14.7 Å². The van der Waals surface area contributed by atoms with Gasteiger partial charge in [0.2, 0.25) is 5.91 Å². The number of halogens is 1. The van der Waals surface area contributed by atoms with Gasteiger partial charge in [-0.1, -0.05) is 29.8 Å². The molecule has 0 unspecified atom stereocenters. The SMILES string of the molecule is O=C(Cc1ccc(Cl)cc1)Nc1cccc(C(=O)O)n1. The van der Waals surface area contributed by atoms with Crippen LogP contribution < -0.4 is 5.32 Å². The molecule has 0 aliphatic heterocycles. The average molecular weight is 291 g/mol. The van der Waals surface area contributed by atoms with Gasteiger partial charge in [-0.15, -0.1) is 0 Å². The number of carbonyl (C=O) groups excluding carboxylic acids is 1. The molecule has 2 aromatic rings. The minimum absolute atomic E-state index is 0.116. The van der Waals surface area contributed by atoms with Crippen LogP contribution in [-0.2, 0) is 11.2 Å². The molecule has 1 heterocycles. The van der Waals surface area contributed by atoms with E-state index in [1.807, 2.05) is 0 Å². The van der Waals surface area contributed by atoms with Crippen molar-refractivity contribution >= 4 is 29.3 Å². The van der Waals surface area contributed by atoms with Crippen molar-refractivity contribution in [1.82, 2.24) is 4.98 Å². The lowest BCUT2D eigenvalue weighted by Gasteiger charge is -2.05. The van der Waals surface area contributed by atoms with Crippen LogP contribution in [0.25, 0.3) is 0 Å².